The summed E-state index contributed by atoms with van der Waals surface area (Å²) in [6.45, 7) is 0. The lowest BCUT2D eigenvalue weighted by Gasteiger charge is -2.22. The van der Waals surface area contributed by atoms with Gasteiger partial charge in [-0.2, -0.15) is 0 Å². The van der Waals surface area contributed by atoms with Crippen LogP contribution < -0.4 is 23.7 Å². The molecule has 0 heterocycles. The highest BCUT2D eigenvalue weighted by Crippen LogP contribution is 2.40. The van der Waals surface area contributed by atoms with Crippen LogP contribution in [0.2, 0.25) is 0 Å². The first kappa shape index (κ1) is 20.4. The number of hydrogen-bond acceptors (Lipinski definition) is 5. The number of ether oxygens (including phenoxy) is 5. The van der Waals surface area contributed by atoms with Gasteiger partial charge in [0.1, 0.15) is 5.75 Å². The third-order valence-corrected chi connectivity index (χ3v) is 4.91. The maximum absolute atomic E-state index is 5.53. The summed E-state index contributed by atoms with van der Waals surface area (Å²) in [7, 11) is 8.20. The third kappa shape index (κ3) is 4.24. The van der Waals surface area contributed by atoms with Gasteiger partial charge in [0.2, 0.25) is 0 Å². The van der Waals surface area contributed by atoms with Gasteiger partial charge in [0.25, 0.3) is 0 Å². The minimum Gasteiger partial charge on any atom is -0.497 e. The SMILES string of the molecule is COc1cccc(C(c2ccc(OC)c(OC)c2)c2ccc(OC)c(OC)c2)c1. The molecule has 3 aromatic carbocycles. The van der Waals surface area contributed by atoms with E-state index >= 15 is 0 Å². The second-order valence-electron chi connectivity index (χ2n) is 6.44. The maximum atomic E-state index is 5.53. The van der Waals surface area contributed by atoms with Gasteiger partial charge in [-0.1, -0.05) is 24.3 Å². The van der Waals surface area contributed by atoms with E-state index in [0.717, 1.165) is 22.4 Å². The summed E-state index contributed by atoms with van der Waals surface area (Å²) in [5, 5.41) is 0. The van der Waals surface area contributed by atoms with Crippen molar-refractivity contribution >= 4 is 0 Å². The van der Waals surface area contributed by atoms with Gasteiger partial charge in [-0.3, -0.25) is 0 Å². The first-order chi connectivity index (χ1) is 14.1. The van der Waals surface area contributed by atoms with Crippen LogP contribution in [0.15, 0.2) is 60.7 Å². The molecule has 0 fully saturated rings. The third-order valence-electron chi connectivity index (χ3n) is 4.91. The van der Waals surface area contributed by atoms with Crippen LogP contribution >= 0.6 is 0 Å². The number of benzene rings is 3. The van der Waals surface area contributed by atoms with E-state index in [0.29, 0.717) is 23.0 Å². The monoisotopic (exact) mass is 394 g/mol. The minimum absolute atomic E-state index is 0.0651. The smallest absolute Gasteiger partial charge is 0.161 e. The normalized spacial score (nSPS) is 10.6. The fraction of sp³-hybridized carbons (Fsp3) is 0.250. The highest BCUT2D eigenvalue weighted by Gasteiger charge is 2.21. The molecule has 3 aromatic rings. The van der Waals surface area contributed by atoms with Crippen LogP contribution in [0.4, 0.5) is 0 Å². The predicted octanol–water partition coefficient (Wildman–Crippen LogP) is 4.91. The molecular weight excluding hydrogens is 368 g/mol. The second-order valence-corrected chi connectivity index (χ2v) is 6.44. The standard InChI is InChI=1S/C24H26O5/c1-25-19-8-6-7-16(13-19)24(17-9-11-20(26-2)22(14-17)28-4)18-10-12-21(27-3)23(15-18)29-5/h6-15,24H,1-5H3. The fourth-order valence-electron chi connectivity index (χ4n) is 3.46. The first-order valence-corrected chi connectivity index (χ1v) is 9.23. The van der Waals surface area contributed by atoms with Crippen LogP contribution in [0.3, 0.4) is 0 Å². The summed E-state index contributed by atoms with van der Waals surface area (Å²) in [4.78, 5) is 0. The summed E-state index contributed by atoms with van der Waals surface area (Å²) in [5.74, 6) is 3.47. The summed E-state index contributed by atoms with van der Waals surface area (Å²) >= 11 is 0. The summed E-state index contributed by atoms with van der Waals surface area (Å²) < 4.78 is 27.3. The van der Waals surface area contributed by atoms with E-state index in [9.17, 15) is 0 Å². The van der Waals surface area contributed by atoms with Gasteiger partial charge in [0.15, 0.2) is 23.0 Å². The Kier molecular flexibility index (Phi) is 6.50. The van der Waals surface area contributed by atoms with Crippen molar-refractivity contribution in [3.05, 3.63) is 77.4 Å². The average molecular weight is 394 g/mol. The molecule has 0 atom stereocenters. The van der Waals surface area contributed by atoms with Crippen molar-refractivity contribution in [1.29, 1.82) is 0 Å². The van der Waals surface area contributed by atoms with Gasteiger partial charge >= 0.3 is 0 Å². The van der Waals surface area contributed by atoms with Gasteiger partial charge < -0.3 is 23.7 Å². The number of hydrogen-bond donors (Lipinski definition) is 0. The van der Waals surface area contributed by atoms with Crippen molar-refractivity contribution in [3.63, 3.8) is 0 Å². The van der Waals surface area contributed by atoms with Crippen LogP contribution in [0, 0.1) is 0 Å². The van der Waals surface area contributed by atoms with E-state index < -0.39 is 0 Å². The Labute approximate surface area is 171 Å². The summed E-state index contributed by atoms with van der Waals surface area (Å²) in [5.41, 5.74) is 3.20. The van der Waals surface area contributed by atoms with E-state index in [1.54, 1.807) is 35.5 Å². The van der Waals surface area contributed by atoms with Crippen molar-refractivity contribution in [2.24, 2.45) is 0 Å². The molecule has 29 heavy (non-hydrogen) atoms. The van der Waals surface area contributed by atoms with Crippen molar-refractivity contribution in [3.8, 4) is 28.7 Å². The van der Waals surface area contributed by atoms with Gasteiger partial charge in [-0.15, -0.1) is 0 Å². The molecule has 0 aliphatic carbocycles. The Bertz CT molecular complexity index is 912. The maximum Gasteiger partial charge on any atom is 0.161 e. The molecular formula is C24H26O5. The quantitative estimate of drug-likeness (QED) is 0.508. The Hall–Kier alpha value is -3.34. The molecule has 0 unspecified atom stereocenters. The largest absolute Gasteiger partial charge is 0.497 e. The Morgan fingerprint density at radius 1 is 0.483 bits per heavy atom. The Morgan fingerprint density at radius 2 is 0.966 bits per heavy atom. The molecule has 0 aliphatic rings. The molecule has 0 radical (unpaired) electrons. The van der Waals surface area contributed by atoms with Gasteiger partial charge in [-0.25, -0.2) is 0 Å². The molecule has 0 N–H and O–H groups in total. The molecule has 5 nitrogen and oxygen atoms in total. The van der Waals surface area contributed by atoms with Crippen molar-refractivity contribution in [2.75, 3.05) is 35.5 Å². The van der Waals surface area contributed by atoms with Gasteiger partial charge in [-0.05, 0) is 53.1 Å². The van der Waals surface area contributed by atoms with E-state index in [2.05, 4.69) is 6.07 Å². The topological polar surface area (TPSA) is 46.2 Å². The summed E-state index contributed by atoms with van der Waals surface area (Å²) in [6, 6.07) is 20.0. The van der Waals surface area contributed by atoms with Crippen molar-refractivity contribution in [2.45, 2.75) is 5.92 Å². The van der Waals surface area contributed by atoms with E-state index in [-0.39, 0.29) is 5.92 Å². The molecule has 3 rings (SSSR count). The second kappa shape index (κ2) is 9.24. The van der Waals surface area contributed by atoms with Gasteiger partial charge in [0.05, 0.1) is 35.5 Å². The molecule has 152 valence electrons. The molecule has 0 saturated heterocycles. The lowest BCUT2D eigenvalue weighted by Crippen LogP contribution is -2.05. The van der Waals surface area contributed by atoms with E-state index in [1.807, 2.05) is 54.6 Å². The van der Waals surface area contributed by atoms with Crippen molar-refractivity contribution in [1.82, 2.24) is 0 Å². The lowest BCUT2D eigenvalue weighted by atomic mass is 9.84. The highest BCUT2D eigenvalue weighted by atomic mass is 16.5. The minimum atomic E-state index is -0.0651. The molecule has 0 bridgehead atoms. The zero-order chi connectivity index (χ0) is 20.8. The van der Waals surface area contributed by atoms with Crippen LogP contribution in [0.25, 0.3) is 0 Å². The molecule has 0 spiro atoms. The highest BCUT2D eigenvalue weighted by molar-refractivity contribution is 5.53. The van der Waals surface area contributed by atoms with E-state index in [1.165, 1.54) is 0 Å². The van der Waals surface area contributed by atoms with Crippen molar-refractivity contribution < 1.29 is 23.7 Å². The first-order valence-electron chi connectivity index (χ1n) is 9.23. The summed E-state index contributed by atoms with van der Waals surface area (Å²) in [6.07, 6.45) is 0. The molecule has 0 aromatic heterocycles. The molecule has 0 aliphatic heterocycles. The average Bonchev–Trinajstić information content (AvgIpc) is 2.79. The molecule has 0 amide bonds. The zero-order valence-electron chi connectivity index (χ0n) is 17.4. The number of methoxy groups -OCH3 is 5. The van der Waals surface area contributed by atoms with E-state index in [4.69, 9.17) is 23.7 Å². The molecule has 0 saturated carbocycles. The fourth-order valence-corrected chi connectivity index (χ4v) is 3.46. The lowest BCUT2D eigenvalue weighted by molar-refractivity contribution is 0.354. The Morgan fingerprint density at radius 3 is 1.41 bits per heavy atom. The Balaban J connectivity index is 2.20. The molecule has 5 heteroatoms. The number of rotatable bonds is 8. The van der Waals surface area contributed by atoms with Crippen LogP contribution in [-0.2, 0) is 0 Å². The predicted molar refractivity (Wildman–Crippen MR) is 113 cm³/mol. The zero-order valence-corrected chi connectivity index (χ0v) is 17.4. The van der Waals surface area contributed by atoms with Crippen LogP contribution in [0.5, 0.6) is 28.7 Å². The van der Waals surface area contributed by atoms with Crippen LogP contribution in [0.1, 0.15) is 22.6 Å². The van der Waals surface area contributed by atoms with Gasteiger partial charge in [0, 0.05) is 5.92 Å². The van der Waals surface area contributed by atoms with Crippen LogP contribution in [-0.4, -0.2) is 35.5 Å².